The molecule has 3 nitrogen and oxygen atoms in total. The average Bonchev–Trinajstić information content (AvgIpc) is 2.43. The molecule has 0 aromatic heterocycles. The number of benzene rings is 2. The van der Waals surface area contributed by atoms with Gasteiger partial charge < -0.3 is 15.5 Å². The lowest BCUT2D eigenvalue weighted by Gasteiger charge is -2.34. The number of phenols is 2. The van der Waals surface area contributed by atoms with Crippen LogP contribution < -0.4 is 5.32 Å². The molecule has 104 valence electrons. The highest BCUT2D eigenvalue weighted by molar-refractivity contribution is 5.82. The molecular weight excluding hydrogens is 250 g/mol. The molecular formula is C17H19NO2. The van der Waals surface area contributed by atoms with Crippen molar-refractivity contribution in [3.05, 3.63) is 47.0 Å². The van der Waals surface area contributed by atoms with Gasteiger partial charge in [0.15, 0.2) is 11.5 Å². The predicted octanol–water partition coefficient (Wildman–Crippen LogP) is 3.14. The SMILES string of the molecule is C.Oc1ccc2c(c1O)-c1cccc3c1[C@@H](C2)NCC3. The van der Waals surface area contributed by atoms with Gasteiger partial charge in [0.2, 0.25) is 0 Å². The molecule has 4 rings (SSSR count). The maximum absolute atomic E-state index is 10.2. The molecule has 0 fully saturated rings. The molecule has 3 N–H and O–H groups in total. The molecule has 1 heterocycles. The molecule has 2 aromatic rings. The maximum Gasteiger partial charge on any atom is 0.165 e. The van der Waals surface area contributed by atoms with E-state index in [0.717, 1.165) is 36.1 Å². The second-order valence-corrected chi connectivity index (χ2v) is 5.31. The number of aromatic hydroxyl groups is 2. The Morgan fingerprint density at radius 2 is 1.90 bits per heavy atom. The van der Waals surface area contributed by atoms with Crippen molar-refractivity contribution in [1.82, 2.24) is 5.32 Å². The number of rotatable bonds is 0. The number of hydrogen-bond donors (Lipinski definition) is 3. The van der Waals surface area contributed by atoms with Gasteiger partial charge in [0.1, 0.15) is 0 Å². The monoisotopic (exact) mass is 269 g/mol. The second-order valence-electron chi connectivity index (χ2n) is 5.31. The molecule has 0 amide bonds. The third-order valence-electron chi connectivity index (χ3n) is 4.27. The first-order valence-corrected chi connectivity index (χ1v) is 6.65. The zero-order chi connectivity index (χ0) is 13.0. The summed E-state index contributed by atoms with van der Waals surface area (Å²) in [7, 11) is 0. The first-order valence-electron chi connectivity index (χ1n) is 6.65. The fourth-order valence-corrected chi connectivity index (χ4v) is 3.43. The molecule has 0 bridgehead atoms. The van der Waals surface area contributed by atoms with Crippen molar-refractivity contribution in [2.24, 2.45) is 0 Å². The van der Waals surface area contributed by atoms with Crippen LogP contribution in [0.3, 0.4) is 0 Å². The Bertz CT molecular complexity index is 679. The Morgan fingerprint density at radius 3 is 2.75 bits per heavy atom. The van der Waals surface area contributed by atoms with Crippen LogP contribution in [0.4, 0.5) is 0 Å². The molecule has 2 aliphatic rings. The van der Waals surface area contributed by atoms with Gasteiger partial charge in [-0.3, -0.25) is 0 Å². The van der Waals surface area contributed by atoms with E-state index in [1.54, 1.807) is 6.07 Å². The summed E-state index contributed by atoms with van der Waals surface area (Å²) in [6.07, 6.45) is 1.89. The van der Waals surface area contributed by atoms with E-state index < -0.39 is 0 Å². The van der Waals surface area contributed by atoms with Crippen LogP contribution in [0.1, 0.15) is 30.2 Å². The van der Waals surface area contributed by atoms with E-state index in [0.29, 0.717) is 6.04 Å². The molecule has 2 aromatic carbocycles. The Hall–Kier alpha value is -2.00. The van der Waals surface area contributed by atoms with Crippen LogP contribution in [0.15, 0.2) is 30.3 Å². The normalized spacial score (nSPS) is 18.7. The molecule has 1 aliphatic carbocycles. The smallest absolute Gasteiger partial charge is 0.165 e. The summed E-state index contributed by atoms with van der Waals surface area (Å²) < 4.78 is 0. The van der Waals surface area contributed by atoms with E-state index in [-0.39, 0.29) is 18.9 Å². The van der Waals surface area contributed by atoms with Crippen molar-refractivity contribution in [3.63, 3.8) is 0 Å². The van der Waals surface area contributed by atoms with Crippen LogP contribution in [0, 0.1) is 0 Å². The topological polar surface area (TPSA) is 52.5 Å². The highest BCUT2D eigenvalue weighted by Gasteiger charge is 2.31. The highest BCUT2D eigenvalue weighted by Crippen LogP contribution is 2.48. The molecule has 1 aliphatic heterocycles. The quantitative estimate of drug-likeness (QED) is 0.644. The van der Waals surface area contributed by atoms with Crippen molar-refractivity contribution < 1.29 is 10.2 Å². The van der Waals surface area contributed by atoms with Gasteiger partial charge in [0.05, 0.1) is 0 Å². The second kappa shape index (κ2) is 4.53. The number of phenolic OH excluding ortho intramolecular Hbond substituents is 2. The van der Waals surface area contributed by atoms with Gasteiger partial charge in [0.25, 0.3) is 0 Å². The maximum atomic E-state index is 10.2. The lowest BCUT2D eigenvalue weighted by atomic mass is 9.77. The molecule has 20 heavy (non-hydrogen) atoms. The van der Waals surface area contributed by atoms with Gasteiger partial charge in [-0.25, -0.2) is 0 Å². The van der Waals surface area contributed by atoms with Gasteiger partial charge in [-0.2, -0.15) is 0 Å². The Morgan fingerprint density at radius 1 is 1.05 bits per heavy atom. The summed E-state index contributed by atoms with van der Waals surface area (Å²) in [5.41, 5.74) is 5.61. The van der Waals surface area contributed by atoms with Crippen molar-refractivity contribution >= 4 is 0 Å². The lowest BCUT2D eigenvalue weighted by molar-refractivity contribution is 0.403. The van der Waals surface area contributed by atoms with Gasteiger partial charge in [-0.15, -0.1) is 0 Å². The van der Waals surface area contributed by atoms with Crippen LogP contribution in [-0.2, 0) is 12.8 Å². The minimum absolute atomic E-state index is 0. The largest absolute Gasteiger partial charge is 0.504 e. The van der Waals surface area contributed by atoms with E-state index in [1.807, 2.05) is 18.2 Å². The van der Waals surface area contributed by atoms with Gasteiger partial charge in [-0.1, -0.05) is 31.7 Å². The van der Waals surface area contributed by atoms with Gasteiger partial charge >= 0.3 is 0 Å². The summed E-state index contributed by atoms with van der Waals surface area (Å²) in [6.45, 7) is 1.00. The summed E-state index contributed by atoms with van der Waals surface area (Å²) >= 11 is 0. The first kappa shape index (κ1) is 13.0. The van der Waals surface area contributed by atoms with E-state index in [4.69, 9.17) is 0 Å². The fraction of sp³-hybridized carbons (Fsp3) is 0.294. The first-order chi connectivity index (χ1) is 9.25. The summed E-state index contributed by atoms with van der Waals surface area (Å²) in [5, 5.41) is 23.5. The van der Waals surface area contributed by atoms with Crippen molar-refractivity contribution in [2.45, 2.75) is 26.3 Å². The Balaban J connectivity index is 0.00000121. The zero-order valence-electron chi connectivity index (χ0n) is 10.5. The van der Waals surface area contributed by atoms with Crippen molar-refractivity contribution in [1.29, 1.82) is 0 Å². The van der Waals surface area contributed by atoms with Crippen LogP contribution >= 0.6 is 0 Å². The van der Waals surface area contributed by atoms with Crippen LogP contribution in [0.5, 0.6) is 11.5 Å². The summed E-state index contributed by atoms with van der Waals surface area (Å²) in [5.74, 6) is -0.0338. The van der Waals surface area contributed by atoms with Crippen molar-refractivity contribution in [2.75, 3.05) is 6.54 Å². The third kappa shape index (κ3) is 1.63. The van der Waals surface area contributed by atoms with E-state index >= 15 is 0 Å². The highest BCUT2D eigenvalue weighted by atomic mass is 16.3. The predicted molar refractivity (Wildman–Crippen MR) is 80.1 cm³/mol. The van der Waals surface area contributed by atoms with Crippen LogP contribution in [0.2, 0.25) is 0 Å². The van der Waals surface area contributed by atoms with Crippen LogP contribution in [-0.4, -0.2) is 16.8 Å². The standard InChI is InChI=1S/C16H15NO2.CH4/c18-13-5-4-10-8-12-14-9(6-7-17-12)2-1-3-11(14)15(10)16(13)19;/h1-5,12,17-19H,6-8H2;1H4/t12-;/m1./s1. The summed E-state index contributed by atoms with van der Waals surface area (Å²) in [6, 6.07) is 10.1. The van der Waals surface area contributed by atoms with E-state index in [9.17, 15) is 10.2 Å². The zero-order valence-corrected chi connectivity index (χ0v) is 10.5. The third-order valence-corrected chi connectivity index (χ3v) is 4.27. The van der Waals surface area contributed by atoms with Crippen LogP contribution in [0.25, 0.3) is 11.1 Å². The number of fused-ring (bicyclic) bond motifs is 2. The Kier molecular flexibility index (Phi) is 2.94. The van der Waals surface area contributed by atoms with Crippen molar-refractivity contribution in [3.8, 4) is 22.6 Å². The van der Waals surface area contributed by atoms with Gasteiger partial charge in [-0.05, 0) is 47.7 Å². The molecule has 0 saturated carbocycles. The summed E-state index contributed by atoms with van der Waals surface area (Å²) in [4.78, 5) is 0. The molecule has 0 saturated heterocycles. The minimum Gasteiger partial charge on any atom is -0.504 e. The van der Waals surface area contributed by atoms with E-state index in [2.05, 4.69) is 11.4 Å². The van der Waals surface area contributed by atoms with E-state index in [1.165, 1.54) is 11.1 Å². The molecule has 0 spiro atoms. The minimum atomic E-state index is -0.0430. The Labute approximate surface area is 118 Å². The van der Waals surface area contributed by atoms with Gasteiger partial charge in [0, 0.05) is 11.6 Å². The molecule has 1 atom stereocenters. The molecule has 0 radical (unpaired) electrons. The molecule has 0 unspecified atom stereocenters. The molecule has 3 heteroatoms. The average molecular weight is 269 g/mol. The number of hydrogen-bond acceptors (Lipinski definition) is 3. The fourth-order valence-electron chi connectivity index (χ4n) is 3.43. The number of nitrogens with one attached hydrogen (secondary N) is 1. The lowest BCUT2D eigenvalue weighted by Crippen LogP contribution is -2.33.